The smallest absolute Gasteiger partial charge is 0.258 e. The molecule has 0 saturated heterocycles. The van der Waals surface area contributed by atoms with E-state index in [0.29, 0.717) is 17.3 Å². The minimum atomic E-state index is -0.241. The summed E-state index contributed by atoms with van der Waals surface area (Å²) in [6, 6.07) is 22.9. The van der Waals surface area contributed by atoms with Gasteiger partial charge in [0, 0.05) is 18.2 Å². The number of halogens is 1. The van der Waals surface area contributed by atoms with Gasteiger partial charge in [-0.15, -0.1) is 0 Å². The van der Waals surface area contributed by atoms with Gasteiger partial charge in [0.25, 0.3) is 5.91 Å². The number of carbonyl (C=O) groups is 2. The van der Waals surface area contributed by atoms with E-state index in [0.717, 1.165) is 35.2 Å². The molecule has 3 aromatic carbocycles. The van der Waals surface area contributed by atoms with Crippen LogP contribution in [0.4, 0.5) is 5.69 Å². The van der Waals surface area contributed by atoms with Crippen molar-refractivity contribution in [2.75, 3.05) is 11.9 Å². The fraction of sp³-hybridized carbons (Fsp3) is 0.200. The van der Waals surface area contributed by atoms with Gasteiger partial charge in [-0.1, -0.05) is 60.1 Å². The zero-order valence-corrected chi connectivity index (χ0v) is 17.7. The highest BCUT2D eigenvalue weighted by Crippen LogP contribution is 2.31. The molecule has 6 heteroatoms. The zero-order chi connectivity index (χ0) is 21.6. The van der Waals surface area contributed by atoms with E-state index in [1.807, 2.05) is 66.7 Å². The molecule has 0 aliphatic heterocycles. The largest absolute Gasteiger partial charge is 0.482 e. The number of anilines is 1. The molecule has 0 aromatic heterocycles. The molecule has 2 amide bonds. The van der Waals surface area contributed by atoms with Gasteiger partial charge in [0.15, 0.2) is 6.61 Å². The Morgan fingerprint density at radius 3 is 2.35 bits per heavy atom. The number of ether oxygens (including phenoxy) is 1. The van der Waals surface area contributed by atoms with Crippen molar-refractivity contribution in [1.82, 2.24) is 5.32 Å². The van der Waals surface area contributed by atoms with Crippen LogP contribution >= 0.6 is 11.6 Å². The van der Waals surface area contributed by atoms with E-state index < -0.39 is 0 Å². The number of hydrogen-bond acceptors (Lipinski definition) is 3. The number of benzene rings is 3. The molecule has 1 saturated carbocycles. The third kappa shape index (κ3) is 5.86. The minimum Gasteiger partial charge on any atom is -0.482 e. The molecule has 158 valence electrons. The summed E-state index contributed by atoms with van der Waals surface area (Å²) < 4.78 is 5.58. The summed E-state index contributed by atoms with van der Waals surface area (Å²) in [4.78, 5) is 23.9. The maximum atomic E-state index is 12.1. The summed E-state index contributed by atoms with van der Waals surface area (Å²) >= 11 is 6.32. The van der Waals surface area contributed by atoms with Crippen molar-refractivity contribution >= 4 is 29.1 Å². The van der Waals surface area contributed by atoms with Crippen molar-refractivity contribution in [2.24, 2.45) is 5.92 Å². The lowest BCUT2D eigenvalue weighted by Gasteiger charge is -2.11. The van der Waals surface area contributed by atoms with Gasteiger partial charge in [-0.2, -0.15) is 0 Å². The highest BCUT2D eigenvalue weighted by molar-refractivity contribution is 6.32. The molecule has 31 heavy (non-hydrogen) atoms. The van der Waals surface area contributed by atoms with E-state index in [2.05, 4.69) is 10.6 Å². The Morgan fingerprint density at radius 2 is 1.68 bits per heavy atom. The van der Waals surface area contributed by atoms with E-state index >= 15 is 0 Å². The Labute approximate surface area is 186 Å². The Bertz CT molecular complexity index is 1060. The van der Waals surface area contributed by atoms with E-state index in [9.17, 15) is 9.59 Å². The normalized spacial score (nSPS) is 12.8. The second-order valence-corrected chi connectivity index (χ2v) is 7.94. The van der Waals surface area contributed by atoms with Crippen LogP contribution in [0.1, 0.15) is 18.4 Å². The summed E-state index contributed by atoms with van der Waals surface area (Å²) in [6.45, 7) is 0.250. The molecule has 3 aromatic rings. The average Bonchev–Trinajstić information content (AvgIpc) is 3.64. The Hall–Kier alpha value is -3.31. The first-order valence-electron chi connectivity index (χ1n) is 10.2. The number of nitrogens with one attached hydrogen (secondary N) is 2. The summed E-state index contributed by atoms with van der Waals surface area (Å²) in [7, 11) is 0. The molecule has 0 radical (unpaired) electrons. The maximum Gasteiger partial charge on any atom is 0.258 e. The second-order valence-electron chi connectivity index (χ2n) is 7.54. The van der Waals surface area contributed by atoms with E-state index in [4.69, 9.17) is 16.3 Å². The van der Waals surface area contributed by atoms with Gasteiger partial charge in [-0.25, -0.2) is 0 Å². The number of hydrogen-bond donors (Lipinski definition) is 2. The summed E-state index contributed by atoms with van der Waals surface area (Å²) in [5.41, 5.74) is 3.75. The lowest BCUT2D eigenvalue weighted by molar-refractivity contribution is -0.123. The topological polar surface area (TPSA) is 67.4 Å². The Balaban J connectivity index is 1.24. The molecule has 1 fully saturated rings. The molecule has 0 bridgehead atoms. The van der Waals surface area contributed by atoms with Crippen LogP contribution < -0.4 is 15.4 Å². The van der Waals surface area contributed by atoms with Gasteiger partial charge >= 0.3 is 0 Å². The lowest BCUT2D eigenvalue weighted by atomic mass is 10.1. The zero-order valence-electron chi connectivity index (χ0n) is 16.9. The number of rotatable bonds is 8. The molecule has 4 rings (SSSR count). The molecule has 1 aliphatic rings. The van der Waals surface area contributed by atoms with Crippen molar-refractivity contribution in [2.45, 2.75) is 19.4 Å². The molecule has 0 atom stereocenters. The molecule has 0 heterocycles. The maximum absolute atomic E-state index is 12.1. The van der Waals surface area contributed by atoms with Gasteiger partial charge in [0.05, 0.1) is 5.02 Å². The van der Waals surface area contributed by atoms with Gasteiger partial charge in [-0.3, -0.25) is 9.59 Å². The fourth-order valence-corrected chi connectivity index (χ4v) is 3.35. The summed E-state index contributed by atoms with van der Waals surface area (Å²) in [5, 5.41) is 6.17. The minimum absolute atomic E-state index is 0.0775. The standard InChI is InChI=1S/C25H23ClN2O3/c26-22-14-20(18-4-2-1-3-5-18)10-13-23(22)31-16-24(29)27-15-17-6-11-21(12-7-17)28-25(30)19-8-9-19/h1-7,10-14,19H,8-9,15-16H2,(H,27,29)(H,28,30). The summed E-state index contributed by atoms with van der Waals surface area (Å²) in [6.07, 6.45) is 1.95. The van der Waals surface area contributed by atoms with Crippen LogP contribution in [0.2, 0.25) is 5.02 Å². The first kappa shape index (κ1) is 20.9. The first-order chi connectivity index (χ1) is 15.1. The molecule has 0 spiro atoms. The first-order valence-corrected chi connectivity index (χ1v) is 10.6. The van der Waals surface area contributed by atoms with Crippen LogP contribution in [-0.2, 0) is 16.1 Å². The van der Waals surface area contributed by atoms with Crippen molar-refractivity contribution in [1.29, 1.82) is 0 Å². The van der Waals surface area contributed by atoms with Gasteiger partial charge in [0.2, 0.25) is 5.91 Å². The summed E-state index contributed by atoms with van der Waals surface area (Å²) in [5.74, 6) is 0.470. The van der Waals surface area contributed by atoms with E-state index in [1.165, 1.54) is 0 Å². The van der Waals surface area contributed by atoms with Crippen molar-refractivity contribution in [3.05, 3.63) is 83.4 Å². The molecular weight excluding hydrogens is 412 g/mol. The van der Waals surface area contributed by atoms with Crippen LogP contribution in [0, 0.1) is 5.92 Å². The predicted molar refractivity (Wildman–Crippen MR) is 122 cm³/mol. The lowest BCUT2D eigenvalue weighted by Crippen LogP contribution is -2.28. The highest BCUT2D eigenvalue weighted by atomic mass is 35.5. The van der Waals surface area contributed by atoms with Crippen molar-refractivity contribution in [3.63, 3.8) is 0 Å². The van der Waals surface area contributed by atoms with E-state index in [-0.39, 0.29) is 24.3 Å². The van der Waals surface area contributed by atoms with Crippen LogP contribution in [0.15, 0.2) is 72.8 Å². The van der Waals surface area contributed by atoms with Crippen LogP contribution in [0.5, 0.6) is 5.75 Å². The average molecular weight is 435 g/mol. The molecule has 1 aliphatic carbocycles. The Morgan fingerprint density at radius 1 is 0.935 bits per heavy atom. The quantitative estimate of drug-likeness (QED) is 0.521. The SMILES string of the molecule is O=C(COc1ccc(-c2ccccc2)cc1Cl)NCc1ccc(NC(=O)C2CC2)cc1. The highest BCUT2D eigenvalue weighted by Gasteiger charge is 2.29. The van der Waals surface area contributed by atoms with Gasteiger partial charge in [-0.05, 0) is 53.8 Å². The van der Waals surface area contributed by atoms with E-state index in [1.54, 1.807) is 6.07 Å². The molecular formula is C25H23ClN2O3. The Kier molecular flexibility index (Phi) is 6.53. The number of carbonyl (C=O) groups excluding carboxylic acids is 2. The second kappa shape index (κ2) is 9.67. The number of amides is 2. The molecule has 5 nitrogen and oxygen atoms in total. The van der Waals surface area contributed by atoms with Crippen LogP contribution in [-0.4, -0.2) is 18.4 Å². The fourth-order valence-electron chi connectivity index (χ4n) is 3.12. The third-order valence-electron chi connectivity index (χ3n) is 5.06. The van der Waals surface area contributed by atoms with Crippen molar-refractivity contribution < 1.29 is 14.3 Å². The molecule has 2 N–H and O–H groups in total. The molecule has 0 unspecified atom stereocenters. The van der Waals surface area contributed by atoms with Crippen LogP contribution in [0.3, 0.4) is 0 Å². The van der Waals surface area contributed by atoms with Crippen molar-refractivity contribution in [3.8, 4) is 16.9 Å². The van der Waals surface area contributed by atoms with Gasteiger partial charge < -0.3 is 15.4 Å². The monoisotopic (exact) mass is 434 g/mol. The third-order valence-corrected chi connectivity index (χ3v) is 5.35. The van der Waals surface area contributed by atoms with Crippen LogP contribution in [0.25, 0.3) is 11.1 Å². The van der Waals surface area contributed by atoms with Gasteiger partial charge in [0.1, 0.15) is 5.75 Å². The predicted octanol–water partition coefficient (Wildman–Crippen LogP) is 5.05.